The van der Waals surface area contributed by atoms with Crippen molar-refractivity contribution >= 4 is 11.7 Å². The second-order valence-corrected chi connectivity index (χ2v) is 5.42. The highest BCUT2D eigenvalue weighted by Crippen LogP contribution is 2.37. The predicted molar refractivity (Wildman–Crippen MR) is 68.3 cm³/mol. The Morgan fingerprint density at radius 1 is 1.33 bits per heavy atom. The number of carboxylic acids is 1. The third-order valence-electron chi connectivity index (χ3n) is 4.01. The number of alkyl halides is 3. The molecule has 1 aromatic carbocycles. The van der Waals surface area contributed by atoms with Gasteiger partial charge in [-0.1, -0.05) is 0 Å². The minimum Gasteiger partial charge on any atom is -0.478 e. The van der Waals surface area contributed by atoms with Crippen LogP contribution < -0.4 is 5.32 Å². The topological polar surface area (TPSA) is 58.6 Å². The molecule has 0 radical (unpaired) electrons. The normalized spacial score (nSPS) is 27.9. The van der Waals surface area contributed by atoms with Crippen LogP contribution >= 0.6 is 0 Å². The average molecular weight is 301 g/mol. The van der Waals surface area contributed by atoms with E-state index in [1.165, 1.54) is 6.07 Å². The lowest BCUT2D eigenvalue weighted by Crippen LogP contribution is -2.30. The molecule has 0 amide bonds. The van der Waals surface area contributed by atoms with Crippen molar-refractivity contribution in [3.05, 3.63) is 29.3 Å². The fourth-order valence-electron chi connectivity index (χ4n) is 3.06. The summed E-state index contributed by atoms with van der Waals surface area (Å²) < 4.78 is 43.9. The third kappa shape index (κ3) is 2.70. The van der Waals surface area contributed by atoms with Crippen LogP contribution in [-0.2, 0) is 10.9 Å². The van der Waals surface area contributed by atoms with Gasteiger partial charge in [0, 0.05) is 5.69 Å². The predicted octanol–water partition coefficient (Wildman–Crippen LogP) is 3.14. The Morgan fingerprint density at radius 3 is 2.62 bits per heavy atom. The van der Waals surface area contributed by atoms with Gasteiger partial charge < -0.3 is 15.2 Å². The molecule has 0 saturated carbocycles. The number of hydrogen-bond acceptors (Lipinski definition) is 3. The molecule has 4 nitrogen and oxygen atoms in total. The van der Waals surface area contributed by atoms with Gasteiger partial charge in [0.15, 0.2) is 0 Å². The molecule has 2 aliphatic rings. The third-order valence-corrected chi connectivity index (χ3v) is 4.01. The van der Waals surface area contributed by atoms with Crippen molar-refractivity contribution < 1.29 is 27.8 Å². The van der Waals surface area contributed by atoms with Gasteiger partial charge in [-0.05, 0) is 37.5 Å². The number of rotatable bonds is 3. The Hall–Kier alpha value is -1.76. The molecule has 2 heterocycles. The van der Waals surface area contributed by atoms with Crippen molar-refractivity contribution in [2.75, 3.05) is 5.32 Å². The molecule has 3 unspecified atom stereocenters. The number of nitrogens with one attached hydrogen (secondary N) is 1. The van der Waals surface area contributed by atoms with Crippen molar-refractivity contribution in [3.63, 3.8) is 0 Å². The zero-order valence-electron chi connectivity index (χ0n) is 11.0. The van der Waals surface area contributed by atoms with Crippen LogP contribution in [0.4, 0.5) is 18.9 Å². The van der Waals surface area contributed by atoms with E-state index in [1.54, 1.807) is 0 Å². The number of carbonyl (C=O) groups is 1. The van der Waals surface area contributed by atoms with Gasteiger partial charge in [0.05, 0.1) is 29.4 Å². The van der Waals surface area contributed by atoms with E-state index in [0.717, 1.165) is 31.4 Å². The molecule has 21 heavy (non-hydrogen) atoms. The zero-order valence-corrected chi connectivity index (χ0v) is 11.0. The smallest absolute Gasteiger partial charge is 0.417 e. The van der Waals surface area contributed by atoms with Gasteiger partial charge in [0.1, 0.15) is 0 Å². The molecule has 2 saturated heterocycles. The Bertz CT molecular complexity index is 573. The fraction of sp³-hybridized carbons (Fsp3) is 0.500. The number of hydrogen-bond donors (Lipinski definition) is 2. The number of halogens is 3. The summed E-state index contributed by atoms with van der Waals surface area (Å²) >= 11 is 0. The Labute approximate surface area is 118 Å². The number of anilines is 1. The standard InChI is InChI=1S/C14H14F3NO3/c15-14(16,17)10-3-1-7(5-9(10)13(19)20)18-11-6-8-2-4-12(11)21-8/h1,3,5,8,11-12,18H,2,4,6H2,(H,19,20). The summed E-state index contributed by atoms with van der Waals surface area (Å²) in [6, 6.07) is 3.14. The number of carboxylic acid groups (broad SMARTS) is 1. The summed E-state index contributed by atoms with van der Waals surface area (Å²) in [6.07, 6.45) is -1.67. The van der Waals surface area contributed by atoms with Crippen LogP contribution in [0.2, 0.25) is 0 Å². The van der Waals surface area contributed by atoms with Gasteiger partial charge in [0.25, 0.3) is 0 Å². The van der Waals surface area contributed by atoms with E-state index < -0.39 is 23.3 Å². The molecule has 0 aliphatic carbocycles. The van der Waals surface area contributed by atoms with Crippen molar-refractivity contribution in [1.82, 2.24) is 0 Å². The number of benzene rings is 1. The van der Waals surface area contributed by atoms with Crippen molar-refractivity contribution in [1.29, 1.82) is 0 Å². The molecule has 3 rings (SSSR count). The molecular weight excluding hydrogens is 287 g/mol. The molecule has 3 atom stereocenters. The first-order valence-electron chi connectivity index (χ1n) is 6.71. The van der Waals surface area contributed by atoms with E-state index in [2.05, 4.69) is 5.32 Å². The highest BCUT2D eigenvalue weighted by molar-refractivity contribution is 5.91. The molecule has 0 spiro atoms. The van der Waals surface area contributed by atoms with E-state index in [9.17, 15) is 18.0 Å². The lowest BCUT2D eigenvalue weighted by molar-refractivity contribution is -0.138. The lowest BCUT2D eigenvalue weighted by atomic mass is 9.95. The summed E-state index contributed by atoms with van der Waals surface area (Å²) in [5.41, 5.74) is -1.50. The first-order chi connectivity index (χ1) is 9.84. The summed E-state index contributed by atoms with van der Waals surface area (Å²) in [6.45, 7) is 0. The van der Waals surface area contributed by atoms with E-state index in [0.29, 0.717) is 5.69 Å². The molecule has 0 aromatic heterocycles. The lowest BCUT2D eigenvalue weighted by Gasteiger charge is -2.22. The van der Waals surface area contributed by atoms with Crippen LogP contribution in [0.15, 0.2) is 18.2 Å². The molecular formula is C14H14F3NO3. The molecule has 2 N–H and O–H groups in total. The minimum absolute atomic E-state index is 0.0298. The van der Waals surface area contributed by atoms with E-state index >= 15 is 0 Å². The maximum atomic E-state index is 12.8. The fourth-order valence-corrected chi connectivity index (χ4v) is 3.06. The highest BCUT2D eigenvalue weighted by atomic mass is 19.4. The molecule has 1 aromatic rings. The van der Waals surface area contributed by atoms with Crippen LogP contribution in [0.1, 0.15) is 35.2 Å². The van der Waals surface area contributed by atoms with E-state index in [4.69, 9.17) is 9.84 Å². The number of fused-ring (bicyclic) bond motifs is 2. The maximum absolute atomic E-state index is 12.8. The van der Waals surface area contributed by atoms with Gasteiger partial charge in [-0.15, -0.1) is 0 Å². The Balaban J connectivity index is 1.84. The summed E-state index contributed by atoms with van der Waals surface area (Å²) in [5.74, 6) is -1.59. The molecule has 2 fully saturated rings. The zero-order chi connectivity index (χ0) is 15.2. The largest absolute Gasteiger partial charge is 0.478 e. The summed E-state index contributed by atoms with van der Waals surface area (Å²) in [7, 11) is 0. The van der Waals surface area contributed by atoms with Crippen LogP contribution in [-0.4, -0.2) is 29.3 Å². The van der Waals surface area contributed by atoms with Crippen molar-refractivity contribution in [3.8, 4) is 0 Å². The molecule has 2 bridgehead atoms. The van der Waals surface area contributed by atoms with Gasteiger partial charge in [0.2, 0.25) is 0 Å². The maximum Gasteiger partial charge on any atom is 0.417 e. The SMILES string of the molecule is O=C(O)c1cc(NC2CC3CCC2O3)ccc1C(F)(F)F. The van der Waals surface area contributed by atoms with Crippen molar-refractivity contribution in [2.45, 2.75) is 43.7 Å². The summed E-state index contributed by atoms with van der Waals surface area (Å²) in [4.78, 5) is 11.0. The Morgan fingerprint density at radius 2 is 2.10 bits per heavy atom. The quantitative estimate of drug-likeness (QED) is 0.900. The second kappa shape index (κ2) is 4.91. The van der Waals surface area contributed by atoms with Crippen molar-refractivity contribution in [2.24, 2.45) is 0 Å². The van der Waals surface area contributed by atoms with E-state index in [1.807, 2.05) is 0 Å². The summed E-state index contributed by atoms with van der Waals surface area (Å²) in [5, 5.41) is 12.1. The molecule has 2 aliphatic heterocycles. The average Bonchev–Trinajstić information content (AvgIpc) is 2.99. The van der Waals surface area contributed by atoms with Crippen LogP contribution in [0.25, 0.3) is 0 Å². The molecule has 7 heteroatoms. The minimum atomic E-state index is -4.68. The van der Waals surface area contributed by atoms with Gasteiger partial charge in [-0.3, -0.25) is 0 Å². The van der Waals surface area contributed by atoms with Gasteiger partial charge in [-0.25, -0.2) is 4.79 Å². The second-order valence-electron chi connectivity index (χ2n) is 5.42. The van der Waals surface area contributed by atoms with Crippen LogP contribution in [0, 0.1) is 0 Å². The van der Waals surface area contributed by atoms with Gasteiger partial charge in [-0.2, -0.15) is 13.2 Å². The van der Waals surface area contributed by atoms with E-state index in [-0.39, 0.29) is 18.2 Å². The van der Waals surface area contributed by atoms with Crippen LogP contribution in [0.5, 0.6) is 0 Å². The monoisotopic (exact) mass is 301 g/mol. The Kier molecular flexibility index (Phi) is 3.32. The first-order valence-corrected chi connectivity index (χ1v) is 6.71. The first kappa shape index (κ1) is 14.2. The van der Waals surface area contributed by atoms with Crippen LogP contribution in [0.3, 0.4) is 0 Å². The highest BCUT2D eigenvalue weighted by Gasteiger charge is 2.41. The number of ether oxygens (including phenoxy) is 1. The molecule has 114 valence electrons. The van der Waals surface area contributed by atoms with Gasteiger partial charge >= 0.3 is 12.1 Å². The number of aromatic carboxylic acids is 1.